The summed E-state index contributed by atoms with van der Waals surface area (Å²) in [5.74, 6) is 0. The summed E-state index contributed by atoms with van der Waals surface area (Å²) in [4.78, 5) is 2.39. The molecule has 9 aromatic carbocycles. The molecule has 0 unspecified atom stereocenters. The first kappa shape index (κ1) is 31.6. The van der Waals surface area contributed by atoms with Crippen molar-refractivity contribution in [3.8, 4) is 39.1 Å². The Morgan fingerprint density at radius 3 is 1.22 bits per heavy atom. The van der Waals surface area contributed by atoms with Crippen LogP contribution in [0.1, 0.15) is 0 Å². The highest BCUT2D eigenvalue weighted by Crippen LogP contribution is 2.43. The number of nitrogens with zero attached hydrogens (tertiary/aromatic N) is 2. The van der Waals surface area contributed by atoms with Crippen LogP contribution >= 0.6 is 0 Å². The Morgan fingerprint density at radius 1 is 0.278 bits per heavy atom. The van der Waals surface area contributed by atoms with Crippen LogP contribution in [-0.2, 0) is 0 Å². The first-order valence-corrected chi connectivity index (χ1v) is 18.5. The number of benzene rings is 9. The molecule has 0 saturated carbocycles. The lowest BCUT2D eigenvalue weighted by atomic mass is 9.96. The molecule has 0 N–H and O–H groups in total. The fourth-order valence-corrected chi connectivity index (χ4v) is 8.01. The van der Waals surface area contributed by atoms with Gasteiger partial charge in [-0.2, -0.15) is 0 Å². The predicted molar refractivity (Wildman–Crippen MR) is 229 cm³/mol. The minimum absolute atomic E-state index is 1.10. The second kappa shape index (κ2) is 13.4. The summed E-state index contributed by atoms with van der Waals surface area (Å²) in [5, 5.41) is 4.98. The third kappa shape index (κ3) is 5.53. The highest BCUT2D eigenvalue weighted by molar-refractivity contribution is 6.09. The fraction of sp³-hybridized carbons (Fsp3) is 0. The zero-order valence-electron chi connectivity index (χ0n) is 29.7. The molecule has 0 aliphatic heterocycles. The van der Waals surface area contributed by atoms with Gasteiger partial charge in [0.2, 0.25) is 0 Å². The first-order chi connectivity index (χ1) is 26.8. The topological polar surface area (TPSA) is 8.17 Å². The molecule has 0 bridgehead atoms. The number of aromatic nitrogens is 1. The molecule has 0 aliphatic rings. The summed E-state index contributed by atoms with van der Waals surface area (Å²) in [6.07, 6.45) is 0. The largest absolute Gasteiger partial charge is 0.310 e. The minimum atomic E-state index is 1.10. The molecular formula is C52H36N2. The van der Waals surface area contributed by atoms with Crippen LogP contribution < -0.4 is 4.90 Å². The van der Waals surface area contributed by atoms with Gasteiger partial charge in [0, 0.05) is 33.2 Å². The van der Waals surface area contributed by atoms with Gasteiger partial charge in [0.05, 0.1) is 16.7 Å². The van der Waals surface area contributed by atoms with E-state index in [-0.39, 0.29) is 0 Å². The van der Waals surface area contributed by atoms with Gasteiger partial charge in [-0.1, -0.05) is 164 Å². The van der Waals surface area contributed by atoms with Crippen LogP contribution in [0.2, 0.25) is 0 Å². The van der Waals surface area contributed by atoms with Crippen LogP contribution in [0.5, 0.6) is 0 Å². The van der Waals surface area contributed by atoms with Gasteiger partial charge in [-0.25, -0.2) is 0 Å². The van der Waals surface area contributed by atoms with Crippen LogP contribution in [0.15, 0.2) is 218 Å². The third-order valence-electron chi connectivity index (χ3n) is 10.6. The second-order valence-electron chi connectivity index (χ2n) is 13.8. The molecule has 2 nitrogen and oxygen atoms in total. The zero-order valence-corrected chi connectivity index (χ0v) is 29.7. The third-order valence-corrected chi connectivity index (χ3v) is 10.6. The van der Waals surface area contributed by atoms with E-state index in [4.69, 9.17) is 0 Å². The number of rotatable bonds is 7. The molecule has 1 aromatic heterocycles. The lowest BCUT2D eigenvalue weighted by molar-refractivity contribution is 1.18. The molecule has 10 rings (SSSR count). The maximum absolute atomic E-state index is 2.39. The van der Waals surface area contributed by atoms with Gasteiger partial charge in [-0.05, 0) is 93.4 Å². The summed E-state index contributed by atoms with van der Waals surface area (Å²) < 4.78 is 2.37. The Labute approximate surface area is 315 Å². The Bertz CT molecular complexity index is 2830. The molecule has 54 heavy (non-hydrogen) atoms. The normalized spacial score (nSPS) is 11.3. The molecule has 0 atom stereocenters. The van der Waals surface area contributed by atoms with Gasteiger partial charge in [0.25, 0.3) is 0 Å². The zero-order chi connectivity index (χ0) is 35.8. The van der Waals surface area contributed by atoms with E-state index in [0.717, 1.165) is 22.7 Å². The predicted octanol–water partition coefficient (Wildman–Crippen LogP) is 14.4. The van der Waals surface area contributed by atoms with Crippen LogP contribution in [0.3, 0.4) is 0 Å². The van der Waals surface area contributed by atoms with Gasteiger partial charge in [-0.15, -0.1) is 0 Å². The van der Waals surface area contributed by atoms with Gasteiger partial charge in [0.15, 0.2) is 0 Å². The molecule has 0 aliphatic carbocycles. The van der Waals surface area contributed by atoms with Crippen molar-refractivity contribution in [3.63, 3.8) is 0 Å². The van der Waals surface area contributed by atoms with Crippen molar-refractivity contribution in [1.82, 2.24) is 4.57 Å². The van der Waals surface area contributed by atoms with Crippen LogP contribution in [0, 0.1) is 0 Å². The molecule has 10 aromatic rings. The summed E-state index contributed by atoms with van der Waals surface area (Å²) in [7, 11) is 0. The van der Waals surface area contributed by atoms with Gasteiger partial charge < -0.3 is 9.47 Å². The van der Waals surface area contributed by atoms with E-state index in [9.17, 15) is 0 Å². The number of hydrogen-bond donors (Lipinski definition) is 0. The lowest BCUT2D eigenvalue weighted by Gasteiger charge is -2.28. The highest BCUT2D eigenvalue weighted by Gasteiger charge is 2.18. The maximum Gasteiger partial charge on any atom is 0.0541 e. The molecule has 0 saturated heterocycles. The smallest absolute Gasteiger partial charge is 0.0541 e. The summed E-state index contributed by atoms with van der Waals surface area (Å²) in [6, 6.07) is 78.8. The van der Waals surface area contributed by atoms with Crippen molar-refractivity contribution in [1.29, 1.82) is 0 Å². The van der Waals surface area contributed by atoms with Crippen molar-refractivity contribution in [2.45, 2.75) is 0 Å². The average molecular weight is 689 g/mol. The molecule has 2 heteroatoms. The van der Waals surface area contributed by atoms with Gasteiger partial charge >= 0.3 is 0 Å². The molecule has 254 valence electrons. The SMILES string of the molecule is c1ccc(-c2ccc(N(c3ccc(-c4ccc(-n5c6ccccc6c6ccccc65)cc4)cc3)c3ccc(-c4ccccc4)c4ccccc34)cc2)cc1. The lowest BCUT2D eigenvalue weighted by Crippen LogP contribution is -2.10. The van der Waals surface area contributed by atoms with Crippen molar-refractivity contribution in [3.05, 3.63) is 218 Å². The summed E-state index contributed by atoms with van der Waals surface area (Å²) in [5.41, 5.74) is 14.2. The Kier molecular flexibility index (Phi) is 7.85. The highest BCUT2D eigenvalue weighted by atomic mass is 15.1. The minimum Gasteiger partial charge on any atom is -0.310 e. The monoisotopic (exact) mass is 688 g/mol. The fourth-order valence-electron chi connectivity index (χ4n) is 8.01. The van der Waals surface area contributed by atoms with Crippen molar-refractivity contribution >= 4 is 49.6 Å². The average Bonchev–Trinajstić information content (AvgIpc) is 3.59. The quantitative estimate of drug-likeness (QED) is 0.162. The van der Waals surface area contributed by atoms with Crippen molar-refractivity contribution < 1.29 is 0 Å². The van der Waals surface area contributed by atoms with E-state index in [1.54, 1.807) is 0 Å². The number of anilines is 3. The van der Waals surface area contributed by atoms with E-state index < -0.39 is 0 Å². The standard InChI is InChI=1S/C52H36N2/c1-3-13-37(14-4-1)38-23-29-42(30-24-38)53(52-36-35-45(41-15-5-2-6-16-41)46-17-7-8-18-47(46)52)43-31-25-39(26-32-43)40-27-33-44(34-28-40)54-50-21-11-9-19-48(50)49-20-10-12-22-51(49)54/h1-36H. The molecular weight excluding hydrogens is 653 g/mol. The molecule has 0 radical (unpaired) electrons. The Morgan fingerprint density at radius 2 is 0.685 bits per heavy atom. The van der Waals surface area contributed by atoms with Gasteiger partial charge in [0.1, 0.15) is 0 Å². The number of fused-ring (bicyclic) bond motifs is 4. The van der Waals surface area contributed by atoms with Gasteiger partial charge in [-0.3, -0.25) is 0 Å². The van der Waals surface area contributed by atoms with Crippen LogP contribution in [-0.4, -0.2) is 4.57 Å². The molecule has 0 fully saturated rings. The van der Waals surface area contributed by atoms with E-state index in [2.05, 4.69) is 228 Å². The first-order valence-electron chi connectivity index (χ1n) is 18.5. The molecule has 1 heterocycles. The Hall–Kier alpha value is -7.16. The Balaban J connectivity index is 1.05. The number of para-hydroxylation sites is 2. The molecule has 0 spiro atoms. The van der Waals surface area contributed by atoms with E-state index in [0.29, 0.717) is 0 Å². The second-order valence-corrected chi connectivity index (χ2v) is 13.8. The van der Waals surface area contributed by atoms with E-state index in [1.165, 1.54) is 66.0 Å². The van der Waals surface area contributed by atoms with E-state index >= 15 is 0 Å². The number of hydrogen-bond acceptors (Lipinski definition) is 1. The summed E-state index contributed by atoms with van der Waals surface area (Å²) >= 11 is 0. The van der Waals surface area contributed by atoms with Crippen molar-refractivity contribution in [2.75, 3.05) is 4.90 Å². The van der Waals surface area contributed by atoms with Crippen molar-refractivity contribution in [2.24, 2.45) is 0 Å². The van der Waals surface area contributed by atoms with Crippen LogP contribution in [0.25, 0.3) is 71.6 Å². The van der Waals surface area contributed by atoms with E-state index in [1.807, 2.05) is 0 Å². The maximum atomic E-state index is 2.39. The molecule has 0 amide bonds. The summed E-state index contributed by atoms with van der Waals surface area (Å²) in [6.45, 7) is 0. The van der Waals surface area contributed by atoms with Crippen LogP contribution in [0.4, 0.5) is 17.1 Å².